The Labute approximate surface area is 364 Å². The molecule has 52 heavy (non-hydrogen) atoms. The summed E-state index contributed by atoms with van der Waals surface area (Å²) >= 11 is 0. The molecule has 0 aliphatic heterocycles. The lowest BCUT2D eigenvalue weighted by atomic mass is 8.24. The maximum Gasteiger partial charge on any atom is 0.0633 e. The highest BCUT2D eigenvalue weighted by Gasteiger charge is 2.61. The van der Waals surface area contributed by atoms with Gasteiger partial charge in [0.05, 0.1) is 208 Å². The Kier molecular flexibility index (Phi) is 26.8. The van der Waals surface area contributed by atoms with E-state index in [4.69, 9.17) is 0 Å². The van der Waals surface area contributed by atoms with Gasteiger partial charge in [0, 0.05) is 153 Å². The Balaban J connectivity index is 9.73. The van der Waals surface area contributed by atoms with E-state index in [1.165, 1.54) is 0 Å². The summed E-state index contributed by atoms with van der Waals surface area (Å²) in [6, 6.07) is 0. The van der Waals surface area contributed by atoms with Crippen LogP contribution in [0.25, 0.3) is 0 Å². The van der Waals surface area contributed by atoms with Gasteiger partial charge in [0.15, 0.2) is 0 Å². The molecule has 0 spiro atoms. The molecule has 0 fully saturated rings. The number of hydrogen-bond acceptors (Lipinski definition) is 0. The molecule has 0 saturated heterocycles. The normalized spacial score (nSPS) is 9.71. The topological polar surface area (TPSA) is 0 Å². The second-order valence-corrected chi connectivity index (χ2v) is 23.4. The molecule has 51 heteroatoms. The van der Waals surface area contributed by atoms with Crippen LogP contribution in [0.1, 0.15) is 0 Å². The van der Waals surface area contributed by atoms with E-state index >= 15 is 0 Å². The first-order valence-electron chi connectivity index (χ1n) is 23.6. The fourth-order valence-electron chi connectivity index (χ4n) is 14.4. The Morgan fingerprint density at radius 1 is 0.173 bits per heavy atom. The molecule has 0 N–H and O–H groups in total. The third-order valence-electron chi connectivity index (χ3n) is 15.3. The van der Waals surface area contributed by atoms with Gasteiger partial charge in [-0.1, -0.05) is 0 Å². The van der Waals surface area contributed by atoms with E-state index in [0.29, 0.717) is 160 Å². The van der Waals surface area contributed by atoms with E-state index < -0.39 is 0 Å². The van der Waals surface area contributed by atoms with Gasteiger partial charge < -0.3 is 0 Å². The van der Waals surface area contributed by atoms with Crippen LogP contribution in [0.2, 0.25) is 6.82 Å². The predicted molar refractivity (Wildman–Crippen MR) is 372 cm³/mol. The zero-order valence-corrected chi connectivity index (χ0v) is 41.4. The van der Waals surface area contributed by atoms with Gasteiger partial charge in [-0.2, -0.15) is 0 Å². The molecule has 0 aliphatic rings. The summed E-state index contributed by atoms with van der Waals surface area (Å²) in [5.41, 5.74) is 0. The van der Waals surface area contributed by atoms with Crippen LogP contribution in [0.5, 0.6) is 0 Å². The van der Waals surface area contributed by atoms with Crippen LogP contribution in [0.3, 0.4) is 0 Å². The van der Waals surface area contributed by atoms with E-state index in [0.717, 1.165) is 0 Å². The SMILES string of the molecule is BB(B)B(B(B)B)B(B(B)B(B)C)B(B(B(B)B)B(B)B)B(B(B(B(B)B)B(B)B)B(B(B)B)B(B)B)B(B(B(B)B)B(B)B)B(B(B)B)B(B)B. The van der Waals surface area contributed by atoms with Gasteiger partial charge in [-0.3, -0.25) is 0 Å². The summed E-state index contributed by atoms with van der Waals surface area (Å²) in [6.07, 6.45) is 16.1. The quantitative estimate of drug-likeness (QED) is 0.0944. The lowest BCUT2D eigenvalue weighted by Gasteiger charge is -2.56. The highest BCUT2D eigenvalue weighted by molar-refractivity contribution is 8.35. The highest BCUT2D eigenvalue weighted by atomic mass is 13.4. The van der Waals surface area contributed by atoms with Crippen molar-refractivity contribution in [2.45, 2.75) is 6.82 Å². The smallest absolute Gasteiger partial charge is 0.0633 e. The zero-order valence-electron chi connectivity index (χ0n) is 41.4. The lowest BCUT2D eigenvalue weighted by Crippen LogP contribution is -2.95. The van der Waals surface area contributed by atoms with E-state index in [1.807, 2.05) is 0 Å². The molecule has 0 aromatic carbocycles. The van der Waals surface area contributed by atoms with Crippen molar-refractivity contribution in [1.29, 1.82) is 0 Å². The van der Waals surface area contributed by atoms with Gasteiger partial charge in [-0.25, -0.2) is 0 Å². The molecule has 0 heterocycles. The minimum absolute atomic E-state index is 0.650. The summed E-state index contributed by atoms with van der Waals surface area (Å²) in [5, 5.41) is 0. The fourth-order valence-corrected chi connectivity index (χ4v) is 14.4. The summed E-state index contributed by atoms with van der Waals surface area (Å²) in [5.74, 6) is 0. The van der Waals surface area contributed by atoms with Gasteiger partial charge >= 0.3 is 0 Å². The number of rotatable bonds is 24. The Morgan fingerprint density at radius 2 is 0.288 bits per heavy atom. The Bertz CT molecular complexity index is 783. The highest BCUT2D eigenvalue weighted by Crippen LogP contribution is 2.22. The predicted octanol–water partition coefficient (Wildman–Crippen LogP) is -32.8. The van der Waals surface area contributed by atoms with Crippen LogP contribution in [0.4, 0.5) is 0 Å². The fraction of sp³-hybridized carbons (Fsp3) is 1.00. The third-order valence-corrected chi connectivity index (χ3v) is 15.3. The van der Waals surface area contributed by atoms with Gasteiger partial charge in [0.1, 0.15) is 0 Å². The molecule has 212 valence electrons. The molecular formula is CH55B51. The maximum absolute atomic E-state index is 2.72. The van der Waals surface area contributed by atoms with Crippen molar-refractivity contribution in [2.24, 2.45) is 0 Å². The molecule has 0 aromatic rings. The maximum atomic E-state index is 2.72. The summed E-state index contributed by atoms with van der Waals surface area (Å²) in [7, 11) is 68.0. The van der Waals surface area contributed by atoms with Crippen LogP contribution in [0, 0.1) is 0 Å². The van der Waals surface area contributed by atoms with Crippen molar-refractivity contribution in [2.75, 3.05) is 0 Å². The van der Waals surface area contributed by atoms with Crippen LogP contribution in [-0.2, 0) is 0 Å². The standard InChI is InChI=1S/CH55B51/c1-28(2)41(27)48(42(29(3)4)30(5)6)51(47(39(23)24)40(25)26)52(49(43(31(7)8)32(9)10)44(33(11)12)34(13)14)50(45(35(15)16)36(17)18)46(37(19)20)38(21)22/h2-27H2,1H3. The summed E-state index contributed by atoms with van der Waals surface area (Å²) < 4.78 is 0. The van der Waals surface area contributed by atoms with Crippen molar-refractivity contribution in [3.8, 4) is 0 Å². The van der Waals surface area contributed by atoms with Crippen LogP contribution < -0.4 is 0 Å². The molecule has 0 aliphatic carbocycles. The van der Waals surface area contributed by atoms with E-state index in [1.54, 1.807) is 0 Å². The molecule has 0 amide bonds. The first-order valence-corrected chi connectivity index (χ1v) is 23.6. The molecule has 0 saturated carbocycles. The second kappa shape index (κ2) is 25.2. The van der Waals surface area contributed by atoms with Crippen molar-refractivity contribution < 1.29 is 0 Å². The zero-order chi connectivity index (χ0) is 41.4. The minimum atomic E-state index is 0.650. The van der Waals surface area contributed by atoms with E-state index in [9.17, 15) is 0 Å². The Hall–Kier alpha value is 3.31. The molecule has 0 unspecified atom stereocenters. The second-order valence-electron chi connectivity index (χ2n) is 23.4. The summed E-state index contributed by atoms with van der Waals surface area (Å²) in [4.78, 5) is 0. The average molecular weight is 619 g/mol. The molecule has 0 aromatic heterocycles. The van der Waals surface area contributed by atoms with Crippen LogP contribution in [-0.4, -0.2) is 361 Å². The van der Waals surface area contributed by atoms with Gasteiger partial charge in [-0.15, -0.1) is 6.82 Å². The van der Waals surface area contributed by atoms with Crippen LogP contribution >= 0.6 is 0 Å². The van der Waals surface area contributed by atoms with Crippen molar-refractivity contribution >= 4 is 361 Å². The van der Waals surface area contributed by atoms with Crippen LogP contribution in [0.15, 0.2) is 0 Å². The van der Waals surface area contributed by atoms with Crippen molar-refractivity contribution in [1.82, 2.24) is 0 Å². The lowest BCUT2D eigenvalue weighted by molar-refractivity contribution is 2.33. The first kappa shape index (κ1) is 55.3. The third kappa shape index (κ3) is 14.8. The van der Waals surface area contributed by atoms with E-state index in [-0.39, 0.29) is 0 Å². The van der Waals surface area contributed by atoms with Gasteiger partial charge in [-0.05, 0) is 0 Å². The Morgan fingerprint density at radius 3 is 0.423 bits per heavy atom. The van der Waals surface area contributed by atoms with Crippen molar-refractivity contribution in [3.63, 3.8) is 0 Å². The largest absolute Gasteiger partial charge is 0.101 e. The van der Waals surface area contributed by atoms with Crippen molar-refractivity contribution in [3.05, 3.63) is 0 Å². The summed E-state index contributed by atoms with van der Waals surface area (Å²) in [6.45, 7) is 3.24. The molecule has 0 atom stereocenters. The monoisotopic (exact) mass is 629 g/mol. The van der Waals surface area contributed by atoms with Gasteiger partial charge in [0.25, 0.3) is 0 Å². The molecule has 0 radical (unpaired) electrons. The molecular weight excluding hydrogens is 563 g/mol. The van der Waals surface area contributed by atoms with Gasteiger partial charge in [0.2, 0.25) is 0 Å². The molecule has 0 nitrogen and oxygen atoms in total. The molecule has 0 rings (SSSR count). The van der Waals surface area contributed by atoms with E-state index in [2.05, 4.69) is 208 Å². The first-order chi connectivity index (χ1) is 23.6. The number of hydrogen-bond donors (Lipinski definition) is 0. The molecule has 0 bridgehead atoms. The minimum Gasteiger partial charge on any atom is -0.101 e. The average Bonchev–Trinajstić information content (AvgIpc) is 2.92.